The van der Waals surface area contributed by atoms with Crippen molar-refractivity contribution in [1.29, 1.82) is 0 Å². The number of rotatable bonds is 6. The van der Waals surface area contributed by atoms with Crippen molar-refractivity contribution in [2.45, 2.75) is 38.5 Å². The molecule has 4 aliphatic rings. The number of benzene rings is 2. The molecule has 0 saturated carbocycles. The van der Waals surface area contributed by atoms with E-state index >= 15 is 0 Å². The predicted octanol–water partition coefficient (Wildman–Crippen LogP) is 4.50. The van der Waals surface area contributed by atoms with Gasteiger partial charge < -0.3 is 10.2 Å². The number of allylic oxidation sites excluding steroid dienone is 7. The van der Waals surface area contributed by atoms with E-state index in [1.165, 1.54) is 11.0 Å². The summed E-state index contributed by atoms with van der Waals surface area (Å²) < 4.78 is 0. The van der Waals surface area contributed by atoms with Crippen LogP contribution in [0.1, 0.15) is 42.4 Å². The second kappa shape index (κ2) is 10.1. The zero-order chi connectivity index (χ0) is 29.0. The van der Waals surface area contributed by atoms with Gasteiger partial charge in [-0.15, -0.1) is 6.58 Å². The number of hydrogen-bond acceptors (Lipinski definition) is 6. The van der Waals surface area contributed by atoms with Crippen LogP contribution in [0.3, 0.4) is 0 Å². The normalized spacial score (nSPS) is 25.4. The third kappa shape index (κ3) is 4.27. The minimum Gasteiger partial charge on any atom is -0.508 e. The largest absolute Gasteiger partial charge is 0.508 e. The number of Topliss-reactive ketones (excluding diaryl/α,β-unsaturated/α-hetero) is 1. The van der Waals surface area contributed by atoms with Gasteiger partial charge in [-0.1, -0.05) is 48.1 Å². The lowest BCUT2D eigenvalue weighted by molar-refractivity contribution is -0.140. The lowest BCUT2D eigenvalue weighted by Crippen LogP contribution is -2.40. The summed E-state index contributed by atoms with van der Waals surface area (Å²) in [5.74, 6) is -3.10. The molecule has 3 aliphatic carbocycles. The highest BCUT2D eigenvalue weighted by Crippen LogP contribution is 2.56. The Kier molecular flexibility index (Phi) is 6.60. The molecule has 7 nitrogen and oxygen atoms in total. The molecule has 1 heterocycles. The van der Waals surface area contributed by atoms with Gasteiger partial charge in [-0.2, -0.15) is 0 Å². The Balaban J connectivity index is 1.40. The summed E-state index contributed by atoms with van der Waals surface area (Å²) in [4.78, 5) is 55.6. The Bertz CT molecular complexity index is 1610. The SMILES string of the molecule is C=CCc1cccc(C2C3=CCC4C(=O)N(CCc5ccc(O)cc5)C(=O)C4C3CC3=C2C(=O)C=C(C)C3=O)c1O. The number of fused-ring (bicyclic) bond motifs is 3. The number of phenolic OH excluding ortho intramolecular Hbond substituents is 2. The number of carbonyl (C=O) groups excluding carboxylic acids is 4. The first kappa shape index (κ1) is 26.7. The van der Waals surface area contributed by atoms with Crippen molar-refractivity contribution in [1.82, 2.24) is 4.90 Å². The quantitative estimate of drug-likeness (QED) is 0.312. The number of imide groups is 1. The lowest BCUT2D eigenvalue weighted by Gasteiger charge is -2.42. The Morgan fingerprint density at radius 3 is 2.49 bits per heavy atom. The Morgan fingerprint density at radius 1 is 1.00 bits per heavy atom. The molecule has 1 aliphatic heterocycles. The summed E-state index contributed by atoms with van der Waals surface area (Å²) in [5, 5.41) is 20.9. The van der Waals surface area contributed by atoms with Crippen LogP contribution in [-0.2, 0) is 32.0 Å². The van der Waals surface area contributed by atoms with E-state index in [1.807, 2.05) is 12.1 Å². The fourth-order valence-corrected chi connectivity index (χ4v) is 7.09. The standard InChI is InChI=1S/C34H31NO6/c1-3-5-20-6-4-7-23(32(20)39)28-22-12-13-24-29(25(22)17-26-30(28)27(37)16-18(2)31(26)38)34(41)35(33(24)40)15-14-19-8-10-21(36)11-9-19/h3-4,6-12,16,24-25,28-29,36,39H,1,5,13-15,17H2,2H3. The first-order valence-corrected chi connectivity index (χ1v) is 14.0. The van der Waals surface area contributed by atoms with Crippen molar-refractivity contribution in [3.8, 4) is 11.5 Å². The van der Waals surface area contributed by atoms with Crippen LogP contribution in [0.4, 0.5) is 0 Å². The molecular formula is C34H31NO6. The third-order valence-electron chi connectivity index (χ3n) is 9.04. The van der Waals surface area contributed by atoms with Crippen molar-refractivity contribution >= 4 is 23.4 Å². The van der Waals surface area contributed by atoms with Crippen LogP contribution in [0, 0.1) is 17.8 Å². The van der Waals surface area contributed by atoms with Gasteiger partial charge in [0.1, 0.15) is 11.5 Å². The zero-order valence-electron chi connectivity index (χ0n) is 22.8. The van der Waals surface area contributed by atoms with Gasteiger partial charge >= 0.3 is 0 Å². The van der Waals surface area contributed by atoms with Crippen LogP contribution in [0.25, 0.3) is 0 Å². The van der Waals surface area contributed by atoms with Crippen molar-refractivity contribution in [3.63, 3.8) is 0 Å². The summed E-state index contributed by atoms with van der Waals surface area (Å²) in [6.07, 6.45) is 6.45. The van der Waals surface area contributed by atoms with Crippen LogP contribution >= 0.6 is 0 Å². The highest BCUT2D eigenvalue weighted by Gasteiger charge is 2.56. The van der Waals surface area contributed by atoms with Crippen LogP contribution in [0.5, 0.6) is 11.5 Å². The fraction of sp³-hybridized carbons (Fsp3) is 0.294. The molecule has 1 saturated heterocycles. The van der Waals surface area contributed by atoms with Crippen LogP contribution < -0.4 is 0 Å². The lowest BCUT2D eigenvalue weighted by atomic mass is 9.59. The molecule has 1 fully saturated rings. The maximum atomic E-state index is 13.9. The molecular weight excluding hydrogens is 518 g/mol. The van der Waals surface area contributed by atoms with Crippen molar-refractivity contribution in [2.24, 2.45) is 17.8 Å². The summed E-state index contributed by atoms with van der Waals surface area (Å²) in [5.41, 5.74) is 3.96. The summed E-state index contributed by atoms with van der Waals surface area (Å²) >= 11 is 0. The number of hydrogen-bond donors (Lipinski definition) is 2. The minimum absolute atomic E-state index is 0.0452. The average molecular weight is 550 g/mol. The smallest absolute Gasteiger partial charge is 0.233 e. The Hall–Kier alpha value is -4.52. The molecule has 7 heteroatoms. The van der Waals surface area contributed by atoms with Crippen molar-refractivity contribution < 1.29 is 29.4 Å². The van der Waals surface area contributed by atoms with E-state index < -0.39 is 23.7 Å². The summed E-state index contributed by atoms with van der Waals surface area (Å²) in [7, 11) is 0. The molecule has 208 valence electrons. The Morgan fingerprint density at radius 2 is 1.76 bits per heavy atom. The molecule has 6 rings (SSSR count). The van der Waals surface area contributed by atoms with E-state index in [-0.39, 0.29) is 47.8 Å². The van der Waals surface area contributed by atoms with E-state index in [1.54, 1.807) is 49.4 Å². The summed E-state index contributed by atoms with van der Waals surface area (Å²) in [6, 6.07) is 12.1. The van der Waals surface area contributed by atoms with Crippen LogP contribution in [-0.4, -0.2) is 45.0 Å². The molecule has 2 N–H and O–H groups in total. The number of likely N-dealkylation sites (tertiary alicyclic amines) is 1. The molecule has 0 spiro atoms. The zero-order valence-corrected chi connectivity index (χ0v) is 22.8. The van der Waals surface area contributed by atoms with Crippen LogP contribution in [0.15, 0.2) is 89.6 Å². The molecule has 0 bridgehead atoms. The number of phenols is 2. The predicted molar refractivity (Wildman–Crippen MR) is 152 cm³/mol. The Labute approximate surface area is 238 Å². The van der Waals surface area contributed by atoms with Crippen molar-refractivity contribution in [2.75, 3.05) is 6.54 Å². The number of aromatic hydroxyl groups is 2. The number of carbonyl (C=O) groups is 4. The first-order valence-electron chi connectivity index (χ1n) is 14.0. The fourth-order valence-electron chi connectivity index (χ4n) is 7.09. The van der Waals surface area contributed by atoms with E-state index in [2.05, 4.69) is 6.58 Å². The van der Waals surface area contributed by atoms with Crippen LogP contribution in [0.2, 0.25) is 0 Å². The number of ketones is 2. The van der Waals surface area contributed by atoms with Gasteiger partial charge in [0.05, 0.1) is 11.8 Å². The monoisotopic (exact) mass is 549 g/mol. The van der Waals surface area contributed by atoms with E-state index in [0.29, 0.717) is 47.1 Å². The van der Waals surface area contributed by atoms with Gasteiger partial charge in [0.2, 0.25) is 11.8 Å². The maximum Gasteiger partial charge on any atom is 0.233 e. The summed E-state index contributed by atoms with van der Waals surface area (Å²) in [6.45, 7) is 5.61. The topological polar surface area (TPSA) is 112 Å². The molecule has 4 unspecified atom stereocenters. The van der Waals surface area contributed by atoms with Gasteiger partial charge in [0.15, 0.2) is 11.6 Å². The molecule has 0 radical (unpaired) electrons. The average Bonchev–Trinajstić information content (AvgIpc) is 3.20. The van der Waals surface area contributed by atoms with Gasteiger partial charge in [-0.05, 0) is 67.9 Å². The number of amides is 2. The molecule has 0 aromatic heterocycles. The maximum absolute atomic E-state index is 13.9. The highest BCUT2D eigenvalue weighted by molar-refractivity contribution is 6.23. The molecule has 2 aromatic carbocycles. The molecule has 41 heavy (non-hydrogen) atoms. The van der Waals surface area contributed by atoms with Crippen molar-refractivity contribution in [3.05, 3.63) is 106 Å². The van der Waals surface area contributed by atoms with Gasteiger partial charge in [0, 0.05) is 34.7 Å². The first-order chi connectivity index (χ1) is 19.7. The third-order valence-corrected chi connectivity index (χ3v) is 9.04. The van der Waals surface area contributed by atoms with E-state index in [0.717, 1.165) is 11.1 Å². The number of para-hydroxylation sites is 1. The molecule has 2 amide bonds. The molecule has 2 aromatic rings. The van der Waals surface area contributed by atoms with Gasteiger partial charge in [0.25, 0.3) is 0 Å². The van der Waals surface area contributed by atoms with Gasteiger partial charge in [-0.25, -0.2) is 0 Å². The number of nitrogens with zero attached hydrogens (tertiary/aromatic N) is 1. The minimum atomic E-state index is -0.691. The molecule has 4 atom stereocenters. The van der Waals surface area contributed by atoms with E-state index in [9.17, 15) is 29.4 Å². The second-order valence-corrected chi connectivity index (χ2v) is 11.3. The van der Waals surface area contributed by atoms with E-state index in [4.69, 9.17) is 0 Å². The highest BCUT2D eigenvalue weighted by atomic mass is 16.3. The second-order valence-electron chi connectivity index (χ2n) is 11.3. The van der Waals surface area contributed by atoms with Gasteiger partial charge in [-0.3, -0.25) is 24.1 Å².